The zero-order valence-electron chi connectivity index (χ0n) is 11.5. The summed E-state index contributed by atoms with van der Waals surface area (Å²) in [5.41, 5.74) is 2.13. The molecule has 1 rings (SSSR count). The highest BCUT2D eigenvalue weighted by atomic mass is 35.5. The maximum Gasteiger partial charge on any atom is 0.131 e. The first-order valence-corrected chi connectivity index (χ1v) is 6.71. The maximum atomic E-state index is 6.19. The third kappa shape index (κ3) is 4.32. The van der Waals surface area contributed by atoms with Gasteiger partial charge in [-0.05, 0) is 32.6 Å². The molecule has 0 spiro atoms. The molecule has 1 N–H and O–H groups in total. The molecule has 4 heteroatoms. The van der Waals surface area contributed by atoms with Gasteiger partial charge in [0.05, 0.1) is 5.69 Å². The predicted octanol–water partition coefficient (Wildman–Crippen LogP) is 3.30. The van der Waals surface area contributed by atoms with Crippen molar-refractivity contribution in [2.75, 3.05) is 0 Å². The number of rotatable bonds is 6. The number of nitrogens with one attached hydrogen (secondary N) is 1. The molecule has 0 saturated carbocycles. The number of aromatic nitrogens is 2. The van der Waals surface area contributed by atoms with Crippen LogP contribution in [0, 0.1) is 12.8 Å². The molecule has 1 unspecified atom stereocenters. The first-order chi connectivity index (χ1) is 7.91. The molecule has 0 amide bonds. The summed E-state index contributed by atoms with van der Waals surface area (Å²) >= 11 is 6.19. The van der Waals surface area contributed by atoms with E-state index in [0.717, 1.165) is 28.9 Å². The van der Waals surface area contributed by atoms with Crippen molar-refractivity contribution in [3.05, 3.63) is 16.4 Å². The van der Waals surface area contributed by atoms with Crippen molar-refractivity contribution in [2.45, 2.75) is 53.1 Å². The lowest BCUT2D eigenvalue weighted by molar-refractivity contribution is 0.450. The Kier molecular flexibility index (Phi) is 5.47. The van der Waals surface area contributed by atoms with Crippen LogP contribution in [0.25, 0.3) is 0 Å². The van der Waals surface area contributed by atoms with E-state index in [9.17, 15) is 0 Å². The number of aryl methyl sites for hydroxylation is 2. The van der Waals surface area contributed by atoms with Gasteiger partial charge in [-0.1, -0.05) is 25.4 Å². The van der Waals surface area contributed by atoms with Crippen LogP contribution in [-0.2, 0) is 13.6 Å². The Labute approximate surface area is 110 Å². The average Bonchev–Trinajstić information content (AvgIpc) is 2.48. The molecule has 0 bridgehead atoms. The molecule has 1 heterocycles. The Morgan fingerprint density at radius 1 is 1.29 bits per heavy atom. The van der Waals surface area contributed by atoms with Crippen LogP contribution in [0.15, 0.2) is 0 Å². The van der Waals surface area contributed by atoms with Gasteiger partial charge in [-0.25, -0.2) is 0 Å². The van der Waals surface area contributed by atoms with Crippen molar-refractivity contribution in [1.29, 1.82) is 0 Å². The van der Waals surface area contributed by atoms with Crippen molar-refractivity contribution in [3.8, 4) is 0 Å². The molecule has 98 valence electrons. The van der Waals surface area contributed by atoms with Crippen molar-refractivity contribution in [1.82, 2.24) is 15.1 Å². The number of nitrogens with zero attached hydrogens (tertiary/aromatic N) is 2. The van der Waals surface area contributed by atoms with Crippen LogP contribution in [-0.4, -0.2) is 15.8 Å². The topological polar surface area (TPSA) is 29.9 Å². The largest absolute Gasteiger partial charge is 0.310 e. The molecule has 1 aromatic heterocycles. The van der Waals surface area contributed by atoms with E-state index in [2.05, 4.69) is 31.2 Å². The molecule has 1 aromatic rings. The minimum atomic E-state index is 0.521. The number of halogens is 1. The zero-order chi connectivity index (χ0) is 13.0. The minimum absolute atomic E-state index is 0.521. The summed E-state index contributed by atoms with van der Waals surface area (Å²) in [5, 5.41) is 8.56. The zero-order valence-corrected chi connectivity index (χ0v) is 12.3. The van der Waals surface area contributed by atoms with Gasteiger partial charge in [-0.3, -0.25) is 4.68 Å². The molecule has 3 nitrogen and oxygen atoms in total. The van der Waals surface area contributed by atoms with E-state index in [-0.39, 0.29) is 0 Å². The maximum absolute atomic E-state index is 6.19. The monoisotopic (exact) mass is 257 g/mol. The third-order valence-corrected chi connectivity index (χ3v) is 3.55. The van der Waals surface area contributed by atoms with E-state index in [0.29, 0.717) is 6.04 Å². The lowest BCUT2D eigenvalue weighted by Gasteiger charge is -2.14. The van der Waals surface area contributed by atoms with Gasteiger partial charge >= 0.3 is 0 Å². The van der Waals surface area contributed by atoms with Gasteiger partial charge in [0.1, 0.15) is 5.15 Å². The summed E-state index contributed by atoms with van der Waals surface area (Å²) < 4.78 is 1.73. The molecule has 17 heavy (non-hydrogen) atoms. The summed E-state index contributed by atoms with van der Waals surface area (Å²) in [6.45, 7) is 9.55. The fraction of sp³-hybridized carbons (Fsp3) is 0.769. The molecular formula is C13H24ClN3. The highest BCUT2D eigenvalue weighted by Gasteiger charge is 2.12. The van der Waals surface area contributed by atoms with Gasteiger partial charge in [0.25, 0.3) is 0 Å². The third-order valence-electron chi connectivity index (χ3n) is 3.07. The molecule has 0 fully saturated rings. The van der Waals surface area contributed by atoms with E-state index < -0.39 is 0 Å². The summed E-state index contributed by atoms with van der Waals surface area (Å²) in [6.07, 6.45) is 2.46. The van der Waals surface area contributed by atoms with Gasteiger partial charge < -0.3 is 5.32 Å². The van der Waals surface area contributed by atoms with E-state index in [4.69, 9.17) is 11.6 Å². The lowest BCUT2D eigenvalue weighted by atomic mass is 10.0. The SMILES string of the molecule is Cc1nn(C)c(Cl)c1CNC(C)CCC(C)C. The summed E-state index contributed by atoms with van der Waals surface area (Å²) in [7, 11) is 1.88. The van der Waals surface area contributed by atoms with Crippen LogP contribution in [0.1, 0.15) is 44.9 Å². The fourth-order valence-corrected chi connectivity index (χ4v) is 2.08. The van der Waals surface area contributed by atoms with Crippen LogP contribution < -0.4 is 5.32 Å². The summed E-state index contributed by atoms with van der Waals surface area (Å²) in [6, 6.07) is 0.521. The molecular weight excluding hydrogens is 234 g/mol. The van der Waals surface area contributed by atoms with Crippen molar-refractivity contribution < 1.29 is 0 Å². The van der Waals surface area contributed by atoms with E-state index >= 15 is 0 Å². The smallest absolute Gasteiger partial charge is 0.131 e. The Hall–Kier alpha value is -0.540. The first kappa shape index (κ1) is 14.5. The molecule has 0 aliphatic carbocycles. The van der Waals surface area contributed by atoms with E-state index in [1.807, 2.05) is 14.0 Å². The van der Waals surface area contributed by atoms with Gasteiger partial charge in [0, 0.05) is 25.2 Å². The second kappa shape index (κ2) is 6.41. The van der Waals surface area contributed by atoms with Crippen LogP contribution in [0.4, 0.5) is 0 Å². The molecule has 0 aromatic carbocycles. The number of hydrogen-bond donors (Lipinski definition) is 1. The van der Waals surface area contributed by atoms with E-state index in [1.54, 1.807) is 4.68 Å². The normalized spacial score (nSPS) is 13.4. The van der Waals surface area contributed by atoms with Crippen molar-refractivity contribution in [3.63, 3.8) is 0 Å². The average molecular weight is 258 g/mol. The molecule has 0 aliphatic heterocycles. The van der Waals surface area contributed by atoms with Crippen LogP contribution in [0.3, 0.4) is 0 Å². The van der Waals surface area contributed by atoms with Crippen LogP contribution >= 0.6 is 11.6 Å². The fourth-order valence-electron chi connectivity index (χ4n) is 1.84. The second-order valence-electron chi connectivity index (χ2n) is 5.23. The predicted molar refractivity (Wildman–Crippen MR) is 73.3 cm³/mol. The van der Waals surface area contributed by atoms with Gasteiger partial charge in [0.15, 0.2) is 0 Å². The Morgan fingerprint density at radius 3 is 2.41 bits per heavy atom. The quantitative estimate of drug-likeness (QED) is 0.848. The molecule has 0 radical (unpaired) electrons. The Bertz CT molecular complexity index is 358. The second-order valence-corrected chi connectivity index (χ2v) is 5.59. The standard InChI is InChI=1S/C13H24ClN3/c1-9(2)6-7-10(3)15-8-12-11(4)16-17(5)13(12)14/h9-10,15H,6-8H2,1-5H3. The Morgan fingerprint density at radius 2 is 1.94 bits per heavy atom. The Balaban J connectivity index is 2.44. The van der Waals surface area contributed by atoms with Crippen LogP contribution in [0.2, 0.25) is 5.15 Å². The molecule has 1 atom stereocenters. The van der Waals surface area contributed by atoms with Crippen LogP contribution in [0.5, 0.6) is 0 Å². The highest BCUT2D eigenvalue weighted by Crippen LogP contribution is 2.18. The van der Waals surface area contributed by atoms with Gasteiger partial charge in [-0.15, -0.1) is 0 Å². The van der Waals surface area contributed by atoms with Crippen molar-refractivity contribution in [2.24, 2.45) is 13.0 Å². The first-order valence-electron chi connectivity index (χ1n) is 6.33. The molecule has 0 saturated heterocycles. The highest BCUT2D eigenvalue weighted by molar-refractivity contribution is 6.30. The minimum Gasteiger partial charge on any atom is -0.310 e. The molecule has 0 aliphatic rings. The lowest BCUT2D eigenvalue weighted by Crippen LogP contribution is -2.26. The summed E-state index contributed by atoms with van der Waals surface area (Å²) in [5.74, 6) is 0.767. The van der Waals surface area contributed by atoms with Gasteiger partial charge in [0.2, 0.25) is 0 Å². The number of hydrogen-bond acceptors (Lipinski definition) is 2. The van der Waals surface area contributed by atoms with Gasteiger partial charge in [-0.2, -0.15) is 5.10 Å². The van der Waals surface area contributed by atoms with E-state index in [1.165, 1.54) is 12.8 Å². The summed E-state index contributed by atoms with van der Waals surface area (Å²) in [4.78, 5) is 0. The van der Waals surface area contributed by atoms with Crippen molar-refractivity contribution >= 4 is 11.6 Å².